The van der Waals surface area contributed by atoms with Crippen molar-refractivity contribution in [1.29, 1.82) is 0 Å². The summed E-state index contributed by atoms with van der Waals surface area (Å²) in [5.41, 5.74) is 12.1. The maximum absolute atomic E-state index is 6.65. The average Bonchev–Trinajstić information content (AvgIpc) is 3.65. The highest BCUT2D eigenvalue weighted by Gasteiger charge is 2.19. The zero-order valence-corrected chi connectivity index (χ0v) is 30.6. The van der Waals surface area contributed by atoms with Crippen molar-refractivity contribution >= 4 is 71.3 Å². The summed E-state index contributed by atoms with van der Waals surface area (Å²) in [5, 5.41) is 9.55. The van der Waals surface area contributed by atoms with E-state index in [1.807, 2.05) is 0 Å². The van der Waals surface area contributed by atoms with Crippen LogP contribution in [0.3, 0.4) is 0 Å². The van der Waals surface area contributed by atoms with Crippen LogP contribution in [0.15, 0.2) is 217 Å². The van der Waals surface area contributed by atoms with Crippen LogP contribution in [0.25, 0.3) is 87.6 Å². The molecule has 0 radical (unpaired) electrons. The zero-order valence-electron chi connectivity index (χ0n) is 30.6. The van der Waals surface area contributed by atoms with Crippen molar-refractivity contribution < 1.29 is 4.42 Å². The number of benzene rings is 10. The van der Waals surface area contributed by atoms with Gasteiger partial charge in [0.2, 0.25) is 0 Å². The van der Waals surface area contributed by atoms with Crippen LogP contribution in [-0.2, 0) is 0 Å². The summed E-state index contributed by atoms with van der Waals surface area (Å²) in [7, 11) is 0. The molecule has 0 atom stereocenters. The molecular formula is C54H35NO. The maximum Gasteiger partial charge on any atom is 0.143 e. The first-order valence-corrected chi connectivity index (χ1v) is 19.2. The van der Waals surface area contributed by atoms with Crippen LogP contribution in [-0.4, -0.2) is 0 Å². The van der Waals surface area contributed by atoms with Crippen LogP contribution in [0, 0.1) is 0 Å². The molecule has 10 aromatic carbocycles. The maximum atomic E-state index is 6.65. The molecule has 0 aliphatic heterocycles. The lowest BCUT2D eigenvalue weighted by atomic mass is 9.97. The van der Waals surface area contributed by atoms with Gasteiger partial charge in [0.25, 0.3) is 0 Å². The van der Waals surface area contributed by atoms with E-state index in [0.29, 0.717) is 0 Å². The molecule has 11 rings (SSSR count). The van der Waals surface area contributed by atoms with Gasteiger partial charge in [-0.05, 0) is 109 Å². The third-order valence-corrected chi connectivity index (χ3v) is 11.3. The number of hydrogen-bond acceptors (Lipinski definition) is 2. The Morgan fingerprint density at radius 3 is 1.66 bits per heavy atom. The van der Waals surface area contributed by atoms with Gasteiger partial charge >= 0.3 is 0 Å². The molecule has 0 aliphatic rings. The fourth-order valence-electron chi connectivity index (χ4n) is 8.45. The molecule has 56 heavy (non-hydrogen) atoms. The first-order chi connectivity index (χ1) is 27.7. The zero-order chi connectivity index (χ0) is 37.0. The van der Waals surface area contributed by atoms with Crippen LogP contribution in [0.4, 0.5) is 17.1 Å². The summed E-state index contributed by atoms with van der Waals surface area (Å²) in [5.74, 6) is 0. The van der Waals surface area contributed by atoms with Gasteiger partial charge in [0.1, 0.15) is 11.2 Å². The summed E-state index contributed by atoms with van der Waals surface area (Å²) in [4.78, 5) is 2.38. The molecule has 0 unspecified atom stereocenters. The Kier molecular flexibility index (Phi) is 7.53. The predicted octanol–water partition coefficient (Wildman–Crippen LogP) is 15.5. The number of furan rings is 1. The van der Waals surface area contributed by atoms with Crippen molar-refractivity contribution in [2.75, 3.05) is 4.90 Å². The smallest absolute Gasteiger partial charge is 0.143 e. The van der Waals surface area contributed by atoms with Gasteiger partial charge in [-0.1, -0.05) is 158 Å². The Bertz CT molecular complexity index is 3240. The van der Waals surface area contributed by atoms with E-state index in [2.05, 4.69) is 217 Å². The van der Waals surface area contributed by atoms with Crippen molar-refractivity contribution in [3.05, 3.63) is 212 Å². The number of hydrogen-bond donors (Lipinski definition) is 0. The van der Waals surface area contributed by atoms with Gasteiger partial charge in [-0.25, -0.2) is 0 Å². The molecule has 0 N–H and O–H groups in total. The fourth-order valence-corrected chi connectivity index (χ4v) is 8.45. The van der Waals surface area contributed by atoms with Gasteiger partial charge < -0.3 is 9.32 Å². The predicted molar refractivity (Wildman–Crippen MR) is 237 cm³/mol. The lowest BCUT2D eigenvalue weighted by Gasteiger charge is -2.28. The topological polar surface area (TPSA) is 16.4 Å². The lowest BCUT2D eigenvalue weighted by Crippen LogP contribution is -2.11. The number of rotatable bonds is 6. The molecule has 2 nitrogen and oxygen atoms in total. The minimum absolute atomic E-state index is 0.884. The third-order valence-electron chi connectivity index (χ3n) is 11.3. The van der Waals surface area contributed by atoms with Gasteiger partial charge in [-0.2, -0.15) is 0 Å². The van der Waals surface area contributed by atoms with Crippen molar-refractivity contribution in [1.82, 2.24) is 0 Å². The SMILES string of the molecule is c1ccc(N(c2ccc(-c3ccc4ccccc4c3)cc2)c2ccc(-c3cccc4ccccc34)cc2)c(-c2ccc3c(c2)oc2c4ccccc4ccc32)c1. The minimum atomic E-state index is 0.884. The van der Waals surface area contributed by atoms with E-state index < -0.39 is 0 Å². The summed E-state index contributed by atoms with van der Waals surface area (Å²) in [6.45, 7) is 0. The molecule has 1 aromatic heterocycles. The van der Waals surface area contributed by atoms with E-state index in [0.717, 1.165) is 55.5 Å². The monoisotopic (exact) mass is 713 g/mol. The van der Waals surface area contributed by atoms with E-state index >= 15 is 0 Å². The molecule has 0 spiro atoms. The van der Waals surface area contributed by atoms with Gasteiger partial charge in [0.15, 0.2) is 0 Å². The van der Waals surface area contributed by atoms with E-state index in [9.17, 15) is 0 Å². The average molecular weight is 714 g/mol. The van der Waals surface area contributed by atoms with Crippen molar-refractivity contribution in [2.45, 2.75) is 0 Å². The molecule has 0 saturated heterocycles. The van der Waals surface area contributed by atoms with E-state index in [1.165, 1.54) is 49.2 Å². The van der Waals surface area contributed by atoms with Crippen LogP contribution >= 0.6 is 0 Å². The Morgan fingerprint density at radius 1 is 0.304 bits per heavy atom. The summed E-state index contributed by atoms with van der Waals surface area (Å²) < 4.78 is 6.65. The van der Waals surface area contributed by atoms with Gasteiger partial charge in [0, 0.05) is 33.1 Å². The molecule has 11 aromatic rings. The second kappa shape index (κ2) is 13.2. The largest absolute Gasteiger partial charge is 0.455 e. The molecule has 2 heteroatoms. The number of para-hydroxylation sites is 1. The van der Waals surface area contributed by atoms with Crippen molar-refractivity contribution in [2.24, 2.45) is 0 Å². The summed E-state index contributed by atoms with van der Waals surface area (Å²) in [6, 6.07) is 76.5. The summed E-state index contributed by atoms with van der Waals surface area (Å²) in [6.07, 6.45) is 0. The Labute approximate surface area is 325 Å². The Morgan fingerprint density at radius 2 is 0.857 bits per heavy atom. The molecule has 0 bridgehead atoms. The van der Waals surface area contributed by atoms with E-state index in [-0.39, 0.29) is 0 Å². The standard InChI is InChI=1S/C54H35NO/c1-2-13-41-34-42(21-20-36(41)10-1)37-22-28-44(29-23-37)55(45-30-24-40(25-31-45)47-18-9-14-38-11-3-5-15-46(38)47)52-19-8-7-16-48(52)43-27-32-50-51-33-26-39-12-4-6-17-49(39)54(51)56-53(50)35-43/h1-35H. The van der Waals surface area contributed by atoms with E-state index in [4.69, 9.17) is 4.42 Å². The molecule has 0 aliphatic carbocycles. The quantitative estimate of drug-likeness (QED) is 0.171. The third kappa shape index (κ3) is 5.42. The normalized spacial score (nSPS) is 11.6. The fraction of sp³-hybridized carbons (Fsp3) is 0. The number of nitrogens with zero attached hydrogens (tertiary/aromatic N) is 1. The Hall–Kier alpha value is -7.42. The first-order valence-electron chi connectivity index (χ1n) is 19.2. The van der Waals surface area contributed by atoms with Crippen LogP contribution in [0.1, 0.15) is 0 Å². The molecular weight excluding hydrogens is 679 g/mol. The molecule has 1 heterocycles. The van der Waals surface area contributed by atoms with Crippen LogP contribution < -0.4 is 4.90 Å². The van der Waals surface area contributed by atoms with Crippen LogP contribution in [0.5, 0.6) is 0 Å². The number of fused-ring (bicyclic) bond motifs is 7. The lowest BCUT2D eigenvalue weighted by molar-refractivity contribution is 0.673. The van der Waals surface area contributed by atoms with Gasteiger partial charge in [-0.3, -0.25) is 0 Å². The van der Waals surface area contributed by atoms with Crippen molar-refractivity contribution in [3.8, 4) is 33.4 Å². The molecule has 262 valence electrons. The van der Waals surface area contributed by atoms with Gasteiger partial charge in [-0.15, -0.1) is 0 Å². The highest BCUT2D eigenvalue weighted by molar-refractivity contribution is 6.15. The molecule has 0 amide bonds. The van der Waals surface area contributed by atoms with Gasteiger partial charge in [0.05, 0.1) is 5.69 Å². The van der Waals surface area contributed by atoms with Crippen LogP contribution in [0.2, 0.25) is 0 Å². The second-order valence-corrected chi connectivity index (χ2v) is 14.5. The number of anilines is 3. The highest BCUT2D eigenvalue weighted by atomic mass is 16.3. The highest BCUT2D eigenvalue weighted by Crippen LogP contribution is 2.44. The minimum Gasteiger partial charge on any atom is -0.455 e. The Balaban J connectivity index is 1.05. The molecule has 0 saturated carbocycles. The molecule has 0 fully saturated rings. The first kappa shape index (κ1) is 32.0. The van der Waals surface area contributed by atoms with Crippen molar-refractivity contribution in [3.63, 3.8) is 0 Å². The van der Waals surface area contributed by atoms with E-state index in [1.54, 1.807) is 0 Å². The second-order valence-electron chi connectivity index (χ2n) is 14.5. The summed E-state index contributed by atoms with van der Waals surface area (Å²) >= 11 is 0.